The maximum atomic E-state index is 14.3. The van der Waals surface area contributed by atoms with Gasteiger partial charge in [-0.1, -0.05) is 25.1 Å². The molecule has 0 spiro atoms. The number of rotatable bonds is 5. The highest BCUT2D eigenvalue weighted by Gasteiger charge is 2.14. The second-order valence-corrected chi connectivity index (χ2v) is 5.41. The number of halogens is 1. The van der Waals surface area contributed by atoms with Gasteiger partial charge in [-0.3, -0.25) is 0 Å². The van der Waals surface area contributed by atoms with Crippen molar-refractivity contribution in [2.24, 2.45) is 0 Å². The second-order valence-electron chi connectivity index (χ2n) is 5.41. The fraction of sp³-hybridized carbons (Fsp3) is 0.333. The van der Waals surface area contributed by atoms with Gasteiger partial charge in [0.25, 0.3) is 0 Å². The number of hydrogen-bond acceptors (Lipinski definition) is 2. The zero-order valence-electron chi connectivity index (χ0n) is 12.3. The number of fused-ring (bicyclic) bond motifs is 1. The van der Waals surface area contributed by atoms with Gasteiger partial charge in [0, 0.05) is 18.5 Å². The lowest BCUT2D eigenvalue weighted by atomic mass is 10.00. The van der Waals surface area contributed by atoms with Crippen LogP contribution in [-0.4, -0.2) is 13.2 Å². The van der Waals surface area contributed by atoms with Crippen LogP contribution in [0.4, 0.5) is 4.39 Å². The summed E-state index contributed by atoms with van der Waals surface area (Å²) < 4.78 is 19.8. The van der Waals surface area contributed by atoms with Crippen molar-refractivity contribution in [1.82, 2.24) is 5.32 Å². The molecule has 0 radical (unpaired) electrons. The summed E-state index contributed by atoms with van der Waals surface area (Å²) in [5, 5.41) is 3.29. The summed E-state index contributed by atoms with van der Waals surface area (Å²) in [5.41, 5.74) is 3.73. The highest BCUT2D eigenvalue weighted by atomic mass is 19.1. The Hall–Kier alpha value is -1.87. The van der Waals surface area contributed by atoms with Crippen LogP contribution in [0.3, 0.4) is 0 Å². The van der Waals surface area contributed by atoms with Gasteiger partial charge in [0.15, 0.2) is 0 Å². The minimum Gasteiger partial charge on any atom is -0.493 e. The zero-order chi connectivity index (χ0) is 14.7. The van der Waals surface area contributed by atoms with Crippen LogP contribution in [0.25, 0.3) is 11.1 Å². The fourth-order valence-electron chi connectivity index (χ4n) is 2.67. The Balaban J connectivity index is 1.82. The third kappa shape index (κ3) is 3.08. The van der Waals surface area contributed by atoms with Gasteiger partial charge in [-0.05, 0) is 47.9 Å². The van der Waals surface area contributed by atoms with Crippen LogP contribution >= 0.6 is 0 Å². The van der Waals surface area contributed by atoms with Gasteiger partial charge < -0.3 is 10.1 Å². The zero-order valence-corrected chi connectivity index (χ0v) is 12.3. The quantitative estimate of drug-likeness (QED) is 0.841. The molecule has 2 aromatic rings. The molecule has 1 N–H and O–H groups in total. The van der Waals surface area contributed by atoms with Crippen molar-refractivity contribution in [1.29, 1.82) is 0 Å². The summed E-state index contributed by atoms with van der Waals surface area (Å²) in [6.07, 6.45) is 1.99. The SMILES string of the molecule is CCCNCc1ccc(-c2ccc3c(c2)CCO3)c(F)c1. The van der Waals surface area contributed by atoms with E-state index in [9.17, 15) is 4.39 Å². The smallest absolute Gasteiger partial charge is 0.131 e. The number of nitrogens with one attached hydrogen (secondary N) is 1. The summed E-state index contributed by atoms with van der Waals surface area (Å²) in [6.45, 7) is 4.51. The number of ether oxygens (including phenoxy) is 1. The first kappa shape index (κ1) is 14.1. The summed E-state index contributed by atoms with van der Waals surface area (Å²) in [6, 6.07) is 11.4. The molecule has 0 amide bonds. The molecule has 2 aromatic carbocycles. The summed E-state index contributed by atoms with van der Waals surface area (Å²) in [7, 11) is 0. The van der Waals surface area contributed by atoms with E-state index in [0.717, 1.165) is 42.9 Å². The average Bonchev–Trinajstić information content (AvgIpc) is 2.95. The Morgan fingerprint density at radius 3 is 2.90 bits per heavy atom. The van der Waals surface area contributed by atoms with Crippen molar-refractivity contribution < 1.29 is 9.13 Å². The first-order valence-electron chi connectivity index (χ1n) is 7.53. The highest BCUT2D eigenvalue weighted by Crippen LogP contribution is 2.31. The molecule has 0 fully saturated rings. The highest BCUT2D eigenvalue weighted by molar-refractivity contribution is 5.67. The molecule has 0 unspecified atom stereocenters. The van der Waals surface area contributed by atoms with E-state index in [4.69, 9.17) is 4.74 Å². The summed E-state index contributed by atoms with van der Waals surface area (Å²) >= 11 is 0. The standard InChI is InChI=1S/C18H20FNO/c1-2-8-20-12-13-3-5-16(17(19)10-13)14-4-6-18-15(11-14)7-9-21-18/h3-6,10-11,20H,2,7-9,12H2,1H3. The molecule has 0 aromatic heterocycles. The van der Waals surface area contributed by atoms with Crippen LogP contribution in [0.5, 0.6) is 5.75 Å². The summed E-state index contributed by atoms with van der Waals surface area (Å²) in [4.78, 5) is 0. The minimum absolute atomic E-state index is 0.162. The Bertz CT molecular complexity index is 639. The van der Waals surface area contributed by atoms with Crippen molar-refractivity contribution in [2.75, 3.05) is 13.2 Å². The van der Waals surface area contributed by atoms with E-state index >= 15 is 0 Å². The lowest BCUT2D eigenvalue weighted by molar-refractivity contribution is 0.357. The van der Waals surface area contributed by atoms with Crippen LogP contribution in [-0.2, 0) is 13.0 Å². The van der Waals surface area contributed by atoms with Gasteiger partial charge in [-0.15, -0.1) is 0 Å². The number of benzene rings is 2. The van der Waals surface area contributed by atoms with Crippen LogP contribution in [0.2, 0.25) is 0 Å². The largest absolute Gasteiger partial charge is 0.493 e. The predicted octanol–water partition coefficient (Wildman–Crippen LogP) is 3.93. The molecular weight excluding hydrogens is 265 g/mol. The lowest BCUT2D eigenvalue weighted by Gasteiger charge is -2.09. The molecule has 1 aliphatic rings. The van der Waals surface area contributed by atoms with E-state index in [1.54, 1.807) is 6.07 Å². The molecule has 110 valence electrons. The molecular formula is C18H20FNO. The van der Waals surface area contributed by atoms with E-state index in [1.165, 1.54) is 5.56 Å². The van der Waals surface area contributed by atoms with Gasteiger partial charge in [0.05, 0.1) is 6.61 Å². The molecule has 2 nitrogen and oxygen atoms in total. The van der Waals surface area contributed by atoms with E-state index in [2.05, 4.69) is 12.2 Å². The monoisotopic (exact) mass is 285 g/mol. The Morgan fingerprint density at radius 1 is 1.19 bits per heavy atom. The molecule has 1 aliphatic heterocycles. The molecule has 0 saturated carbocycles. The molecule has 0 atom stereocenters. The Morgan fingerprint density at radius 2 is 2.10 bits per heavy atom. The van der Waals surface area contributed by atoms with Gasteiger partial charge in [-0.25, -0.2) is 4.39 Å². The van der Waals surface area contributed by atoms with E-state index in [0.29, 0.717) is 12.1 Å². The van der Waals surface area contributed by atoms with Crippen LogP contribution in [0.15, 0.2) is 36.4 Å². The number of hydrogen-bond donors (Lipinski definition) is 1. The van der Waals surface area contributed by atoms with Crippen molar-refractivity contribution in [2.45, 2.75) is 26.3 Å². The molecule has 21 heavy (non-hydrogen) atoms. The van der Waals surface area contributed by atoms with Crippen molar-refractivity contribution in [3.63, 3.8) is 0 Å². The molecule has 0 saturated heterocycles. The van der Waals surface area contributed by atoms with Gasteiger partial charge in [0.1, 0.15) is 11.6 Å². The third-order valence-corrected chi connectivity index (χ3v) is 3.79. The van der Waals surface area contributed by atoms with E-state index < -0.39 is 0 Å². The molecule has 0 aliphatic carbocycles. The molecule has 3 rings (SSSR count). The summed E-state index contributed by atoms with van der Waals surface area (Å²) in [5.74, 6) is 0.768. The first-order chi connectivity index (χ1) is 10.3. The third-order valence-electron chi connectivity index (χ3n) is 3.79. The van der Waals surface area contributed by atoms with Crippen LogP contribution in [0.1, 0.15) is 24.5 Å². The maximum Gasteiger partial charge on any atom is 0.131 e. The van der Waals surface area contributed by atoms with Gasteiger partial charge >= 0.3 is 0 Å². The van der Waals surface area contributed by atoms with Gasteiger partial charge in [0.2, 0.25) is 0 Å². The molecule has 3 heteroatoms. The van der Waals surface area contributed by atoms with Crippen molar-refractivity contribution in [3.8, 4) is 16.9 Å². The van der Waals surface area contributed by atoms with E-state index in [-0.39, 0.29) is 5.82 Å². The maximum absolute atomic E-state index is 14.3. The van der Waals surface area contributed by atoms with Crippen LogP contribution in [0, 0.1) is 5.82 Å². The van der Waals surface area contributed by atoms with Crippen LogP contribution < -0.4 is 10.1 Å². The fourth-order valence-corrected chi connectivity index (χ4v) is 2.67. The Labute approximate surface area is 125 Å². The lowest BCUT2D eigenvalue weighted by Crippen LogP contribution is -2.13. The second kappa shape index (κ2) is 6.27. The van der Waals surface area contributed by atoms with Gasteiger partial charge in [-0.2, -0.15) is 0 Å². The minimum atomic E-state index is -0.162. The molecule has 1 heterocycles. The first-order valence-corrected chi connectivity index (χ1v) is 7.53. The predicted molar refractivity (Wildman–Crippen MR) is 83.0 cm³/mol. The van der Waals surface area contributed by atoms with E-state index in [1.807, 2.05) is 30.3 Å². The normalized spacial score (nSPS) is 13.0. The van der Waals surface area contributed by atoms with Crippen molar-refractivity contribution in [3.05, 3.63) is 53.3 Å². The van der Waals surface area contributed by atoms with Crippen molar-refractivity contribution >= 4 is 0 Å². The average molecular weight is 285 g/mol. The topological polar surface area (TPSA) is 21.3 Å². The Kier molecular flexibility index (Phi) is 4.20. The molecule has 0 bridgehead atoms.